The van der Waals surface area contributed by atoms with E-state index in [1.54, 1.807) is 0 Å². The number of rotatable bonds is 3. The van der Waals surface area contributed by atoms with Crippen LogP contribution in [0.4, 0.5) is 0 Å². The second kappa shape index (κ2) is 5.33. The maximum Gasteiger partial charge on any atom is 0.124 e. The third-order valence-electron chi connectivity index (χ3n) is 4.36. The number of fused-ring (bicyclic) bond motifs is 1. The zero-order chi connectivity index (χ0) is 13.2. The molecule has 3 rings (SSSR count). The molecule has 1 aromatic heterocycles. The number of aromatic nitrogens is 2. The Morgan fingerprint density at radius 3 is 2.95 bits per heavy atom. The molecule has 0 amide bonds. The first-order valence-electron chi connectivity index (χ1n) is 7.50. The number of hydrogen-bond donors (Lipinski definition) is 1. The minimum Gasteiger partial charge on any atom is -0.341 e. The first-order chi connectivity index (χ1) is 9.29. The first kappa shape index (κ1) is 12.7. The lowest BCUT2D eigenvalue weighted by atomic mass is 10.00. The van der Waals surface area contributed by atoms with Gasteiger partial charge in [0.2, 0.25) is 0 Å². The van der Waals surface area contributed by atoms with Gasteiger partial charge in [-0.1, -0.05) is 25.5 Å². The van der Waals surface area contributed by atoms with Crippen molar-refractivity contribution in [1.82, 2.24) is 14.9 Å². The number of likely N-dealkylation sites (tertiary alicyclic amines) is 1. The number of imidazole rings is 1. The fraction of sp³-hybridized carbons (Fsp3) is 0.562. The summed E-state index contributed by atoms with van der Waals surface area (Å²) in [6.45, 7) is 5.82. The van der Waals surface area contributed by atoms with Gasteiger partial charge in [-0.3, -0.25) is 4.90 Å². The Kier molecular flexibility index (Phi) is 3.56. The topological polar surface area (TPSA) is 31.9 Å². The molecule has 1 fully saturated rings. The number of nitrogens with one attached hydrogen (secondary N) is 1. The Balaban J connectivity index is 1.92. The van der Waals surface area contributed by atoms with Crippen LogP contribution >= 0.6 is 0 Å². The zero-order valence-corrected chi connectivity index (χ0v) is 11.9. The Hall–Kier alpha value is -1.35. The summed E-state index contributed by atoms with van der Waals surface area (Å²) in [5, 5.41) is 0. The summed E-state index contributed by atoms with van der Waals surface area (Å²) in [6.07, 6.45) is 5.12. The van der Waals surface area contributed by atoms with Gasteiger partial charge in [0.15, 0.2) is 0 Å². The predicted molar refractivity (Wildman–Crippen MR) is 79.1 cm³/mol. The summed E-state index contributed by atoms with van der Waals surface area (Å²) in [6, 6.07) is 9.42. The van der Waals surface area contributed by atoms with Crippen molar-refractivity contribution in [2.24, 2.45) is 0 Å². The zero-order valence-electron chi connectivity index (χ0n) is 11.9. The van der Waals surface area contributed by atoms with E-state index < -0.39 is 0 Å². The van der Waals surface area contributed by atoms with Gasteiger partial charge >= 0.3 is 0 Å². The van der Waals surface area contributed by atoms with Gasteiger partial charge in [0, 0.05) is 6.04 Å². The molecule has 1 aromatic carbocycles. The van der Waals surface area contributed by atoms with Gasteiger partial charge in [-0.25, -0.2) is 4.98 Å². The molecule has 0 radical (unpaired) electrons. The summed E-state index contributed by atoms with van der Waals surface area (Å²) in [5.74, 6) is 1.14. The highest BCUT2D eigenvalue weighted by molar-refractivity contribution is 5.74. The average molecular weight is 257 g/mol. The van der Waals surface area contributed by atoms with E-state index in [-0.39, 0.29) is 0 Å². The summed E-state index contributed by atoms with van der Waals surface area (Å²) >= 11 is 0. The molecule has 0 bridgehead atoms. The van der Waals surface area contributed by atoms with E-state index >= 15 is 0 Å². The standard InChI is InChI=1S/C16H23N3/c1-3-15(19-11-7-6-8-12(19)2)16-17-13-9-4-5-10-14(13)18-16/h4-5,9-10,12,15H,3,6-8,11H2,1-2H3,(H,17,18). The van der Waals surface area contributed by atoms with Gasteiger partial charge in [0.1, 0.15) is 5.82 Å². The molecule has 3 nitrogen and oxygen atoms in total. The molecular formula is C16H23N3. The van der Waals surface area contributed by atoms with E-state index in [0.29, 0.717) is 12.1 Å². The van der Waals surface area contributed by atoms with Gasteiger partial charge in [-0.05, 0) is 44.9 Å². The van der Waals surface area contributed by atoms with E-state index in [1.165, 1.54) is 25.8 Å². The molecule has 1 aliphatic heterocycles. The van der Waals surface area contributed by atoms with Gasteiger partial charge in [-0.2, -0.15) is 0 Å². The van der Waals surface area contributed by atoms with Crippen LogP contribution in [0.2, 0.25) is 0 Å². The van der Waals surface area contributed by atoms with Gasteiger partial charge in [0.05, 0.1) is 17.1 Å². The van der Waals surface area contributed by atoms with E-state index in [0.717, 1.165) is 23.3 Å². The van der Waals surface area contributed by atoms with Crippen LogP contribution in [0.15, 0.2) is 24.3 Å². The molecule has 19 heavy (non-hydrogen) atoms. The van der Waals surface area contributed by atoms with Gasteiger partial charge in [-0.15, -0.1) is 0 Å². The van der Waals surface area contributed by atoms with Crippen molar-refractivity contribution >= 4 is 11.0 Å². The van der Waals surface area contributed by atoms with Crippen molar-refractivity contribution in [2.45, 2.75) is 51.6 Å². The minimum atomic E-state index is 0.433. The lowest BCUT2D eigenvalue weighted by molar-refractivity contribution is 0.0979. The predicted octanol–water partition coefficient (Wildman–Crippen LogP) is 3.89. The van der Waals surface area contributed by atoms with Crippen molar-refractivity contribution in [3.8, 4) is 0 Å². The number of H-pyrrole nitrogens is 1. The normalized spacial score (nSPS) is 22.7. The number of hydrogen-bond acceptors (Lipinski definition) is 2. The minimum absolute atomic E-state index is 0.433. The average Bonchev–Trinajstić information content (AvgIpc) is 2.85. The summed E-state index contributed by atoms with van der Waals surface area (Å²) in [5.41, 5.74) is 2.24. The fourth-order valence-electron chi connectivity index (χ4n) is 3.30. The second-order valence-corrected chi connectivity index (χ2v) is 5.65. The highest BCUT2D eigenvalue weighted by Gasteiger charge is 2.27. The first-order valence-corrected chi connectivity index (χ1v) is 7.50. The summed E-state index contributed by atoms with van der Waals surface area (Å²) < 4.78 is 0. The Morgan fingerprint density at radius 1 is 1.37 bits per heavy atom. The van der Waals surface area contributed by atoms with E-state index in [9.17, 15) is 0 Å². The third-order valence-corrected chi connectivity index (χ3v) is 4.36. The number of benzene rings is 1. The Morgan fingerprint density at radius 2 is 2.21 bits per heavy atom. The van der Waals surface area contributed by atoms with E-state index in [1.807, 2.05) is 0 Å². The molecule has 1 saturated heterocycles. The van der Waals surface area contributed by atoms with Gasteiger partial charge in [0.25, 0.3) is 0 Å². The highest BCUT2D eigenvalue weighted by Crippen LogP contribution is 2.30. The van der Waals surface area contributed by atoms with Gasteiger partial charge < -0.3 is 4.98 Å². The number of nitrogens with zero attached hydrogens (tertiary/aromatic N) is 2. The Bertz CT molecular complexity index is 513. The van der Waals surface area contributed by atoms with Crippen LogP contribution in [0.5, 0.6) is 0 Å². The molecule has 2 unspecified atom stereocenters. The number of aromatic amines is 1. The van der Waals surface area contributed by atoms with E-state index in [4.69, 9.17) is 4.98 Å². The number of para-hydroxylation sites is 2. The SMILES string of the molecule is CCC(c1nc2ccccc2[nH]1)N1CCCCC1C. The molecule has 0 aliphatic carbocycles. The lowest BCUT2D eigenvalue weighted by Gasteiger charge is -2.38. The van der Waals surface area contributed by atoms with Crippen LogP contribution < -0.4 is 0 Å². The van der Waals surface area contributed by atoms with Crippen LogP contribution in [-0.2, 0) is 0 Å². The van der Waals surface area contributed by atoms with Crippen LogP contribution in [0.1, 0.15) is 51.4 Å². The molecule has 1 aliphatic rings. The van der Waals surface area contributed by atoms with Crippen molar-refractivity contribution in [2.75, 3.05) is 6.54 Å². The molecular weight excluding hydrogens is 234 g/mol. The van der Waals surface area contributed by atoms with Crippen molar-refractivity contribution in [3.63, 3.8) is 0 Å². The van der Waals surface area contributed by atoms with E-state index in [2.05, 4.69) is 48.0 Å². The molecule has 3 heteroatoms. The largest absolute Gasteiger partial charge is 0.341 e. The fourth-order valence-corrected chi connectivity index (χ4v) is 3.30. The molecule has 2 atom stereocenters. The van der Waals surface area contributed by atoms with Crippen LogP contribution in [0, 0.1) is 0 Å². The molecule has 0 saturated carbocycles. The quantitative estimate of drug-likeness (QED) is 0.904. The summed E-state index contributed by atoms with van der Waals surface area (Å²) in [7, 11) is 0. The van der Waals surface area contributed by atoms with Crippen LogP contribution in [-0.4, -0.2) is 27.5 Å². The molecule has 1 N–H and O–H groups in total. The smallest absolute Gasteiger partial charge is 0.124 e. The van der Waals surface area contributed by atoms with Crippen molar-refractivity contribution in [1.29, 1.82) is 0 Å². The second-order valence-electron chi connectivity index (χ2n) is 5.65. The monoisotopic (exact) mass is 257 g/mol. The van der Waals surface area contributed by atoms with Crippen LogP contribution in [0.3, 0.4) is 0 Å². The third kappa shape index (κ3) is 2.39. The highest BCUT2D eigenvalue weighted by atomic mass is 15.2. The number of piperidine rings is 1. The maximum atomic E-state index is 4.80. The molecule has 2 aromatic rings. The summed E-state index contributed by atoms with van der Waals surface area (Å²) in [4.78, 5) is 10.9. The maximum absolute atomic E-state index is 4.80. The molecule has 2 heterocycles. The van der Waals surface area contributed by atoms with Crippen molar-refractivity contribution in [3.05, 3.63) is 30.1 Å². The molecule has 102 valence electrons. The van der Waals surface area contributed by atoms with Crippen LogP contribution in [0.25, 0.3) is 11.0 Å². The Labute approximate surface area is 115 Å². The molecule has 0 spiro atoms. The van der Waals surface area contributed by atoms with Crippen molar-refractivity contribution < 1.29 is 0 Å². The lowest BCUT2D eigenvalue weighted by Crippen LogP contribution is -2.40.